The van der Waals surface area contributed by atoms with Gasteiger partial charge in [0, 0.05) is 17.1 Å². The number of carbonyl (C=O) groups is 1. The zero-order valence-electron chi connectivity index (χ0n) is 13.0. The summed E-state index contributed by atoms with van der Waals surface area (Å²) in [5.41, 5.74) is 2.17. The van der Waals surface area contributed by atoms with E-state index in [9.17, 15) is 4.79 Å². The first kappa shape index (κ1) is 16.1. The Bertz CT molecular complexity index is 847. The molecule has 6 heteroatoms. The standard InChI is InChI=1S/C18H15ClN2O3/c1-23-16-8-13(5-6-15(16)17-10-20-11-24-17)18(22)21-9-12-3-2-4-14(19)7-12/h2-8,10-11H,9H2,1H3,(H,21,22). The molecule has 1 N–H and O–H groups in total. The first-order valence-electron chi connectivity index (χ1n) is 7.27. The number of nitrogens with one attached hydrogen (secondary N) is 1. The zero-order valence-corrected chi connectivity index (χ0v) is 13.7. The van der Waals surface area contributed by atoms with Crippen LogP contribution in [0.15, 0.2) is 59.5 Å². The number of hydrogen-bond acceptors (Lipinski definition) is 4. The molecular weight excluding hydrogens is 328 g/mol. The van der Waals surface area contributed by atoms with Crippen molar-refractivity contribution in [3.05, 3.63) is 71.2 Å². The maximum Gasteiger partial charge on any atom is 0.251 e. The molecular formula is C18H15ClN2O3. The lowest BCUT2D eigenvalue weighted by molar-refractivity contribution is 0.0950. The van der Waals surface area contributed by atoms with Gasteiger partial charge in [-0.05, 0) is 35.9 Å². The van der Waals surface area contributed by atoms with Gasteiger partial charge in [0.1, 0.15) is 5.75 Å². The molecule has 0 radical (unpaired) electrons. The van der Waals surface area contributed by atoms with Crippen molar-refractivity contribution in [2.45, 2.75) is 6.54 Å². The zero-order chi connectivity index (χ0) is 16.9. The Labute approximate surface area is 144 Å². The number of nitrogens with zero attached hydrogens (tertiary/aromatic N) is 1. The third kappa shape index (κ3) is 3.58. The van der Waals surface area contributed by atoms with Crippen LogP contribution in [0, 0.1) is 0 Å². The van der Waals surface area contributed by atoms with E-state index in [1.807, 2.05) is 18.2 Å². The van der Waals surface area contributed by atoms with Gasteiger partial charge in [0.05, 0.1) is 18.9 Å². The molecule has 0 spiro atoms. The number of ether oxygens (including phenoxy) is 1. The third-order valence-electron chi connectivity index (χ3n) is 3.50. The Balaban J connectivity index is 1.75. The van der Waals surface area contributed by atoms with Crippen LogP contribution in [-0.2, 0) is 6.54 Å². The summed E-state index contributed by atoms with van der Waals surface area (Å²) in [6, 6.07) is 12.5. The summed E-state index contributed by atoms with van der Waals surface area (Å²) in [7, 11) is 1.54. The highest BCUT2D eigenvalue weighted by Crippen LogP contribution is 2.30. The fourth-order valence-electron chi connectivity index (χ4n) is 2.32. The number of halogens is 1. The van der Waals surface area contributed by atoms with Crippen LogP contribution in [0.1, 0.15) is 15.9 Å². The highest BCUT2D eigenvalue weighted by Gasteiger charge is 2.13. The molecule has 0 aliphatic heterocycles. The van der Waals surface area contributed by atoms with Gasteiger partial charge in [-0.1, -0.05) is 23.7 Å². The molecule has 1 aromatic heterocycles. The fourth-order valence-corrected chi connectivity index (χ4v) is 2.53. The van der Waals surface area contributed by atoms with E-state index in [4.69, 9.17) is 20.8 Å². The second-order valence-corrected chi connectivity index (χ2v) is 5.53. The summed E-state index contributed by atoms with van der Waals surface area (Å²) in [6.07, 6.45) is 2.94. The van der Waals surface area contributed by atoms with E-state index in [0.29, 0.717) is 28.6 Å². The molecule has 0 bridgehead atoms. The van der Waals surface area contributed by atoms with Gasteiger partial charge in [0.15, 0.2) is 12.2 Å². The molecule has 0 saturated heterocycles. The molecule has 122 valence electrons. The predicted molar refractivity (Wildman–Crippen MR) is 91.1 cm³/mol. The SMILES string of the molecule is COc1cc(C(=O)NCc2cccc(Cl)c2)ccc1-c1cnco1. The topological polar surface area (TPSA) is 64.4 Å². The van der Waals surface area contributed by atoms with Gasteiger partial charge in [0.2, 0.25) is 0 Å². The number of aromatic nitrogens is 1. The number of hydrogen-bond donors (Lipinski definition) is 1. The van der Waals surface area contributed by atoms with E-state index >= 15 is 0 Å². The lowest BCUT2D eigenvalue weighted by Gasteiger charge is -2.10. The average molecular weight is 343 g/mol. The number of methoxy groups -OCH3 is 1. The van der Waals surface area contributed by atoms with Crippen LogP contribution in [0.4, 0.5) is 0 Å². The summed E-state index contributed by atoms with van der Waals surface area (Å²) in [4.78, 5) is 16.2. The Morgan fingerprint density at radius 2 is 2.17 bits per heavy atom. The summed E-state index contributed by atoms with van der Waals surface area (Å²) >= 11 is 5.94. The van der Waals surface area contributed by atoms with Crippen LogP contribution >= 0.6 is 11.6 Å². The van der Waals surface area contributed by atoms with Crippen molar-refractivity contribution in [1.29, 1.82) is 0 Å². The molecule has 3 rings (SSSR count). The molecule has 0 atom stereocenters. The Kier molecular flexibility index (Phi) is 4.82. The molecule has 2 aromatic carbocycles. The van der Waals surface area contributed by atoms with Gasteiger partial charge in [-0.3, -0.25) is 4.79 Å². The van der Waals surface area contributed by atoms with Crippen molar-refractivity contribution in [1.82, 2.24) is 10.3 Å². The van der Waals surface area contributed by atoms with Gasteiger partial charge in [0.25, 0.3) is 5.91 Å². The largest absolute Gasteiger partial charge is 0.496 e. The molecule has 0 unspecified atom stereocenters. The highest BCUT2D eigenvalue weighted by atomic mass is 35.5. The molecule has 0 fully saturated rings. The number of amides is 1. The van der Waals surface area contributed by atoms with Crippen molar-refractivity contribution in [3.8, 4) is 17.1 Å². The second-order valence-electron chi connectivity index (χ2n) is 5.09. The molecule has 1 heterocycles. The van der Waals surface area contributed by atoms with E-state index in [1.165, 1.54) is 6.39 Å². The number of carbonyl (C=O) groups excluding carboxylic acids is 1. The summed E-state index contributed by atoms with van der Waals surface area (Å²) in [6.45, 7) is 0.394. The minimum absolute atomic E-state index is 0.197. The number of rotatable bonds is 5. The lowest BCUT2D eigenvalue weighted by atomic mass is 10.1. The quantitative estimate of drug-likeness (QED) is 0.763. The summed E-state index contributed by atoms with van der Waals surface area (Å²) < 4.78 is 10.6. The average Bonchev–Trinajstić information content (AvgIpc) is 3.13. The molecule has 5 nitrogen and oxygen atoms in total. The van der Waals surface area contributed by atoms with Crippen molar-refractivity contribution >= 4 is 17.5 Å². The van der Waals surface area contributed by atoms with E-state index in [2.05, 4.69) is 10.3 Å². The monoisotopic (exact) mass is 342 g/mol. The molecule has 0 aliphatic carbocycles. The van der Waals surface area contributed by atoms with Crippen LogP contribution < -0.4 is 10.1 Å². The number of oxazole rings is 1. The highest BCUT2D eigenvalue weighted by molar-refractivity contribution is 6.30. The van der Waals surface area contributed by atoms with Gasteiger partial charge < -0.3 is 14.5 Å². The van der Waals surface area contributed by atoms with Crippen molar-refractivity contribution in [3.63, 3.8) is 0 Å². The summed E-state index contributed by atoms with van der Waals surface area (Å²) in [5, 5.41) is 3.50. The first-order chi connectivity index (χ1) is 11.7. The third-order valence-corrected chi connectivity index (χ3v) is 3.74. The minimum Gasteiger partial charge on any atom is -0.496 e. The maximum absolute atomic E-state index is 12.3. The predicted octanol–water partition coefficient (Wildman–Crippen LogP) is 3.93. The van der Waals surface area contributed by atoms with E-state index < -0.39 is 0 Å². The molecule has 0 saturated carbocycles. The smallest absolute Gasteiger partial charge is 0.251 e. The summed E-state index contributed by atoms with van der Waals surface area (Å²) in [5.74, 6) is 0.928. The molecule has 24 heavy (non-hydrogen) atoms. The van der Waals surface area contributed by atoms with E-state index in [1.54, 1.807) is 37.6 Å². The van der Waals surface area contributed by atoms with Crippen molar-refractivity contribution in [2.75, 3.05) is 7.11 Å². The van der Waals surface area contributed by atoms with Crippen LogP contribution in [0.5, 0.6) is 5.75 Å². The van der Waals surface area contributed by atoms with Gasteiger partial charge in [-0.15, -0.1) is 0 Å². The Morgan fingerprint density at radius 1 is 1.29 bits per heavy atom. The van der Waals surface area contributed by atoms with Crippen molar-refractivity contribution < 1.29 is 13.9 Å². The second kappa shape index (κ2) is 7.19. The molecule has 0 aliphatic rings. The van der Waals surface area contributed by atoms with Crippen molar-refractivity contribution in [2.24, 2.45) is 0 Å². The normalized spacial score (nSPS) is 10.4. The van der Waals surface area contributed by atoms with Crippen LogP contribution in [-0.4, -0.2) is 18.0 Å². The number of benzene rings is 2. The molecule has 3 aromatic rings. The van der Waals surface area contributed by atoms with E-state index in [0.717, 1.165) is 11.1 Å². The van der Waals surface area contributed by atoms with Crippen LogP contribution in [0.2, 0.25) is 5.02 Å². The van der Waals surface area contributed by atoms with Crippen LogP contribution in [0.3, 0.4) is 0 Å². The van der Waals surface area contributed by atoms with Gasteiger partial charge in [-0.2, -0.15) is 0 Å². The Morgan fingerprint density at radius 3 is 2.88 bits per heavy atom. The lowest BCUT2D eigenvalue weighted by Crippen LogP contribution is -2.22. The molecule has 1 amide bonds. The minimum atomic E-state index is -0.197. The van der Waals surface area contributed by atoms with Gasteiger partial charge >= 0.3 is 0 Å². The van der Waals surface area contributed by atoms with Gasteiger partial charge in [-0.25, -0.2) is 4.98 Å². The van der Waals surface area contributed by atoms with Crippen LogP contribution in [0.25, 0.3) is 11.3 Å². The van der Waals surface area contributed by atoms with E-state index in [-0.39, 0.29) is 5.91 Å². The fraction of sp³-hybridized carbons (Fsp3) is 0.111. The first-order valence-corrected chi connectivity index (χ1v) is 7.64. The Hall–Kier alpha value is -2.79. The maximum atomic E-state index is 12.3.